The van der Waals surface area contributed by atoms with Crippen LogP contribution in [0, 0.1) is 0 Å². The van der Waals surface area contributed by atoms with Gasteiger partial charge in [-0.15, -0.1) is 0 Å². The first-order valence-electron chi connectivity index (χ1n) is 12.8. The largest absolute Gasteiger partial charge is 0.491 e. The molecule has 1 aliphatic rings. The van der Waals surface area contributed by atoms with Gasteiger partial charge >= 0.3 is 5.97 Å². The summed E-state index contributed by atoms with van der Waals surface area (Å²) in [6.07, 6.45) is 0.970. The molecule has 1 atom stereocenters. The Balaban J connectivity index is 1.50. The van der Waals surface area contributed by atoms with Gasteiger partial charge < -0.3 is 24.6 Å². The maximum Gasteiger partial charge on any atom is 0.337 e. The molecule has 0 aliphatic carbocycles. The van der Waals surface area contributed by atoms with Gasteiger partial charge in [-0.2, -0.15) is 0 Å². The lowest BCUT2D eigenvalue weighted by molar-refractivity contribution is 0.0600. The summed E-state index contributed by atoms with van der Waals surface area (Å²) < 4.78 is 10.7. The number of anilines is 2. The molecule has 4 rings (SSSR count). The molecule has 1 N–H and O–H groups in total. The molecule has 2 amide bonds. The summed E-state index contributed by atoms with van der Waals surface area (Å²) in [5.41, 5.74) is 2.74. The third kappa shape index (κ3) is 6.32. The van der Waals surface area contributed by atoms with Crippen molar-refractivity contribution >= 4 is 29.2 Å². The van der Waals surface area contributed by atoms with Crippen LogP contribution in [0.4, 0.5) is 11.4 Å². The minimum absolute atomic E-state index is 0.000530. The van der Waals surface area contributed by atoms with Crippen LogP contribution >= 0.6 is 0 Å². The fourth-order valence-corrected chi connectivity index (χ4v) is 4.27. The van der Waals surface area contributed by atoms with Crippen molar-refractivity contribution in [1.29, 1.82) is 0 Å². The zero-order valence-corrected chi connectivity index (χ0v) is 22.0. The lowest BCUT2D eigenvalue weighted by Crippen LogP contribution is -2.49. The van der Waals surface area contributed by atoms with Gasteiger partial charge in [-0.25, -0.2) is 4.79 Å². The number of ether oxygens (including phenoxy) is 2. The number of amides is 2. The van der Waals surface area contributed by atoms with E-state index in [2.05, 4.69) is 10.2 Å². The van der Waals surface area contributed by atoms with Crippen molar-refractivity contribution in [2.24, 2.45) is 0 Å². The number of hydrogen-bond acceptors (Lipinski definition) is 6. The Morgan fingerprint density at radius 3 is 2.16 bits per heavy atom. The summed E-state index contributed by atoms with van der Waals surface area (Å²) in [5, 5.41) is 2.96. The first kappa shape index (κ1) is 26.7. The fraction of sp³-hybridized carbons (Fsp3) is 0.300. The van der Waals surface area contributed by atoms with Crippen LogP contribution in [0.1, 0.15) is 51.3 Å². The maximum absolute atomic E-state index is 13.1. The molecule has 1 heterocycles. The van der Waals surface area contributed by atoms with Gasteiger partial charge in [-0.05, 0) is 67.9 Å². The number of piperazine rings is 1. The van der Waals surface area contributed by atoms with Gasteiger partial charge in [0.2, 0.25) is 0 Å². The molecular formula is C30H33N3O5. The molecule has 1 fully saturated rings. The number of hydrogen-bond donors (Lipinski definition) is 1. The number of carbonyl (C=O) groups is 3. The van der Waals surface area contributed by atoms with Gasteiger partial charge in [0.05, 0.1) is 30.2 Å². The maximum atomic E-state index is 13.1. The predicted molar refractivity (Wildman–Crippen MR) is 147 cm³/mol. The van der Waals surface area contributed by atoms with Crippen molar-refractivity contribution in [3.63, 3.8) is 0 Å². The van der Waals surface area contributed by atoms with E-state index in [9.17, 15) is 14.4 Å². The Bertz CT molecular complexity index is 1270. The average Bonchev–Trinajstić information content (AvgIpc) is 2.97. The van der Waals surface area contributed by atoms with Crippen molar-refractivity contribution < 1.29 is 23.9 Å². The minimum Gasteiger partial charge on any atom is -0.491 e. The monoisotopic (exact) mass is 515 g/mol. The average molecular weight is 516 g/mol. The number of esters is 1. The molecular weight excluding hydrogens is 482 g/mol. The van der Waals surface area contributed by atoms with Crippen molar-refractivity contribution in [1.82, 2.24) is 4.90 Å². The van der Waals surface area contributed by atoms with E-state index in [1.165, 1.54) is 7.11 Å². The highest BCUT2D eigenvalue weighted by Gasteiger charge is 2.25. The van der Waals surface area contributed by atoms with E-state index >= 15 is 0 Å². The third-order valence-electron chi connectivity index (χ3n) is 6.62. The highest BCUT2D eigenvalue weighted by atomic mass is 16.5. The summed E-state index contributed by atoms with van der Waals surface area (Å²) in [4.78, 5) is 42.1. The molecule has 3 aromatic carbocycles. The first-order valence-corrected chi connectivity index (χ1v) is 12.8. The molecule has 1 saturated heterocycles. The lowest BCUT2D eigenvalue weighted by atomic mass is 10.1. The highest BCUT2D eigenvalue weighted by Crippen LogP contribution is 2.30. The van der Waals surface area contributed by atoms with Crippen molar-refractivity contribution in [3.05, 3.63) is 89.5 Å². The highest BCUT2D eigenvalue weighted by molar-refractivity contribution is 6.07. The number of benzene rings is 3. The van der Waals surface area contributed by atoms with E-state index < -0.39 is 5.97 Å². The SMILES string of the molecule is CC[C@@H](C)Oc1ccc(C(=O)Nc2cc(C(=O)OC)ccc2N2CCN(C(=O)c3ccccc3)CC2)cc1. The minimum atomic E-state index is -0.489. The van der Waals surface area contributed by atoms with E-state index in [1.54, 1.807) is 42.5 Å². The quantitative estimate of drug-likeness (QED) is 0.431. The Morgan fingerprint density at radius 2 is 1.53 bits per heavy atom. The molecule has 0 unspecified atom stereocenters. The van der Waals surface area contributed by atoms with Gasteiger partial charge in [-0.1, -0.05) is 25.1 Å². The van der Waals surface area contributed by atoms with Gasteiger partial charge in [0, 0.05) is 37.3 Å². The molecule has 0 radical (unpaired) electrons. The van der Waals surface area contributed by atoms with Crippen LogP contribution in [0.5, 0.6) is 5.75 Å². The lowest BCUT2D eigenvalue weighted by Gasteiger charge is -2.37. The Labute approximate surface area is 223 Å². The molecule has 8 heteroatoms. The van der Waals surface area contributed by atoms with Crippen LogP contribution in [0.15, 0.2) is 72.8 Å². The Hall–Kier alpha value is -4.33. The molecule has 0 spiro atoms. The Morgan fingerprint density at radius 1 is 0.868 bits per heavy atom. The third-order valence-corrected chi connectivity index (χ3v) is 6.62. The van der Waals surface area contributed by atoms with Crippen LogP contribution in [0.2, 0.25) is 0 Å². The van der Waals surface area contributed by atoms with E-state index in [0.717, 1.165) is 12.1 Å². The number of nitrogens with one attached hydrogen (secondary N) is 1. The normalized spacial score (nSPS) is 14.0. The van der Waals surface area contributed by atoms with Crippen molar-refractivity contribution in [3.8, 4) is 5.75 Å². The topological polar surface area (TPSA) is 88.2 Å². The second-order valence-electron chi connectivity index (χ2n) is 9.18. The zero-order chi connectivity index (χ0) is 27.1. The molecule has 8 nitrogen and oxygen atoms in total. The second kappa shape index (κ2) is 12.3. The molecule has 198 valence electrons. The molecule has 1 aliphatic heterocycles. The van der Waals surface area contributed by atoms with Gasteiger partial charge in [0.15, 0.2) is 0 Å². The molecule has 0 saturated carbocycles. The standard InChI is InChI=1S/C30H33N3O5/c1-4-21(2)38-25-13-10-22(11-14-25)28(34)31-26-20-24(30(36)37-3)12-15-27(26)32-16-18-33(19-17-32)29(35)23-8-6-5-7-9-23/h5-15,20-21H,4,16-19H2,1-3H3,(H,31,34)/t21-/m1/s1. The van der Waals surface area contributed by atoms with Crippen molar-refractivity contribution in [2.45, 2.75) is 26.4 Å². The number of methoxy groups -OCH3 is 1. The van der Waals surface area contributed by atoms with Gasteiger partial charge in [-0.3, -0.25) is 9.59 Å². The zero-order valence-electron chi connectivity index (χ0n) is 22.0. The molecule has 3 aromatic rings. The van der Waals surface area contributed by atoms with Crippen LogP contribution in [0.3, 0.4) is 0 Å². The van der Waals surface area contributed by atoms with Crippen LogP contribution in [0.25, 0.3) is 0 Å². The van der Waals surface area contributed by atoms with Crippen molar-refractivity contribution in [2.75, 3.05) is 43.5 Å². The van der Waals surface area contributed by atoms with E-state index in [-0.39, 0.29) is 17.9 Å². The molecule has 38 heavy (non-hydrogen) atoms. The fourth-order valence-electron chi connectivity index (χ4n) is 4.27. The smallest absolute Gasteiger partial charge is 0.337 e. The number of carbonyl (C=O) groups excluding carboxylic acids is 3. The van der Waals surface area contributed by atoms with Gasteiger partial charge in [0.1, 0.15) is 5.75 Å². The predicted octanol–water partition coefficient (Wildman–Crippen LogP) is 4.87. The summed E-state index contributed by atoms with van der Waals surface area (Å²) in [6, 6.07) is 21.3. The summed E-state index contributed by atoms with van der Waals surface area (Å²) in [5.74, 6) is -0.0918. The number of nitrogens with zero attached hydrogens (tertiary/aromatic N) is 2. The van der Waals surface area contributed by atoms with Gasteiger partial charge in [0.25, 0.3) is 11.8 Å². The first-order chi connectivity index (χ1) is 18.4. The number of rotatable bonds is 8. The summed E-state index contributed by atoms with van der Waals surface area (Å²) in [6.45, 7) is 6.29. The molecule has 0 bridgehead atoms. The van der Waals surface area contributed by atoms with E-state index in [0.29, 0.717) is 54.3 Å². The van der Waals surface area contributed by atoms with Crippen LogP contribution < -0.4 is 15.0 Å². The second-order valence-corrected chi connectivity index (χ2v) is 9.18. The van der Waals surface area contributed by atoms with Crippen LogP contribution in [-0.2, 0) is 4.74 Å². The Kier molecular flexibility index (Phi) is 8.63. The summed E-state index contributed by atoms with van der Waals surface area (Å²) >= 11 is 0. The summed E-state index contributed by atoms with van der Waals surface area (Å²) in [7, 11) is 1.32. The molecule has 0 aromatic heterocycles. The van der Waals surface area contributed by atoms with Crippen LogP contribution in [-0.4, -0.2) is 62.1 Å². The van der Waals surface area contributed by atoms with E-state index in [1.807, 2.05) is 49.1 Å². The van der Waals surface area contributed by atoms with E-state index in [4.69, 9.17) is 9.47 Å².